The Morgan fingerprint density at radius 3 is 1.24 bits per heavy atom. The van der Waals surface area contributed by atoms with Crippen LogP contribution in [0.3, 0.4) is 0 Å². The highest BCUT2D eigenvalue weighted by Gasteiger charge is 2.19. The Labute approximate surface area is 311 Å². The molecule has 0 saturated carbocycles. The van der Waals surface area contributed by atoms with Crippen LogP contribution in [0.2, 0.25) is 0 Å². The minimum atomic E-state index is 1.20. The molecular weight excluding hydrogens is 653 g/mol. The van der Waals surface area contributed by atoms with Crippen LogP contribution in [0.5, 0.6) is 0 Å². The highest BCUT2D eigenvalue weighted by Crippen LogP contribution is 2.43. The lowest BCUT2D eigenvalue weighted by Crippen LogP contribution is -1.96. The van der Waals surface area contributed by atoms with Gasteiger partial charge in [-0.15, -0.1) is 0 Å². The molecule has 2 nitrogen and oxygen atoms in total. The second kappa shape index (κ2) is 11.2. The Hall–Kier alpha value is -7.16. The first-order valence-electron chi connectivity index (χ1n) is 18.7. The summed E-state index contributed by atoms with van der Waals surface area (Å²) in [7, 11) is 0. The van der Waals surface area contributed by atoms with Crippen molar-refractivity contribution in [1.29, 1.82) is 0 Å². The standard InChI is InChI=1S/C52H32N2/c1-2-15-36-33(13-1)14-11-25-46(36)53-47-23-9-7-19-40(47)44-31-34(27-29-49(44)53)35-28-30-50-45(32-35)41-20-8-10-24-48(41)54(50)51-26-12-22-43-39-17-4-3-16-37(39)38-18-5-6-21-42(38)52(43)51/h1-32H. The molecule has 2 heterocycles. The lowest BCUT2D eigenvalue weighted by atomic mass is 9.93. The fraction of sp³-hybridized carbons (Fsp3) is 0. The lowest BCUT2D eigenvalue weighted by molar-refractivity contribution is 1.20. The largest absolute Gasteiger partial charge is 0.309 e. The van der Waals surface area contributed by atoms with Crippen LogP contribution in [-0.4, -0.2) is 9.13 Å². The van der Waals surface area contributed by atoms with E-state index >= 15 is 0 Å². The maximum absolute atomic E-state index is 2.49. The normalized spacial score (nSPS) is 12.1. The third-order valence-corrected chi connectivity index (χ3v) is 11.7. The summed E-state index contributed by atoms with van der Waals surface area (Å²) in [6, 6.07) is 71.5. The van der Waals surface area contributed by atoms with Crippen LogP contribution in [0.25, 0.3) is 109 Å². The summed E-state index contributed by atoms with van der Waals surface area (Å²) in [5, 5.41) is 15.2. The molecule has 0 fully saturated rings. The average molecular weight is 685 g/mol. The minimum Gasteiger partial charge on any atom is -0.309 e. The van der Waals surface area contributed by atoms with Gasteiger partial charge in [0.05, 0.1) is 33.4 Å². The number of nitrogens with zero attached hydrogens (tertiary/aromatic N) is 2. The Balaban J connectivity index is 1.09. The molecule has 250 valence electrons. The van der Waals surface area contributed by atoms with Crippen molar-refractivity contribution in [3.63, 3.8) is 0 Å². The van der Waals surface area contributed by atoms with Gasteiger partial charge in [-0.1, -0.05) is 146 Å². The van der Waals surface area contributed by atoms with Crippen molar-refractivity contribution in [2.75, 3.05) is 0 Å². The second-order valence-corrected chi connectivity index (χ2v) is 14.5. The Morgan fingerprint density at radius 2 is 0.630 bits per heavy atom. The molecule has 10 aromatic carbocycles. The Morgan fingerprint density at radius 1 is 0.241 bits per heavy atom. The van der Waals surface area contributed by atoms with Crippen LogP contribution >= 0.6 is 0 Å². The van der Waals surface area contributed by atoms with Gasteiger partial charge in [0.15, 0.2) is 0 Å². The average Bonchev–Trinajstić information content (AvgIpc) is 3.75. The molecule has 54 heavy (non-hydrogen) atoms. The predicted molar refractivity (Wildman–Crippen MR) is 231 cm³/mol. The molecule has 0 spiro atoms. The summed E-state index contributed by atoms with van der Waals surface area (Å²) < 4.78 is 4.92. The highest BCUT2D eigenvalue weighted by atomic mass is 15.0. The van der Waals surface area contributed by atoms with Crippen LogP contribution in [0.15, 0.2) is 194 Å². The van der Waals surface area contributed by atoms with Gasteiger partial charge in [-0.3, -0.25) is 0 Å². The van der Waals surface area contributed by atoms with E-state index in [9.17, 15) is 0 Å². The number of aromatic nitrogens is 2. The van der Waals surface area contributed by atoms with Crippen LogP contribution in [0.1, 0.15) is 0 Å². The molecule has 0 aliphatic heterocycles. The first-order valence-corrected chi connectivity index (χ1v) is 18.7. The molecule has 2 heteroatoms. The van der Waals surface area contributed by atoms with Crippen LogP contribution in [-0.2, 0) is 0 Å². The summed E-state index contributed by atoms with van der Waals surface area (Å²) >= 11 is 0. The minimum absolute atomic E-state index is 1.20. The van der Waals surface area contributed by atoms with E-state index in [1.807, 2.05) is 0 Å². The predicted octanol–water partition coefficient (Wildman–Crippen LogP) is 14.2. The van der Waals surface area contributed by atoms with Gasteiger partial charge in [0, 0.05) is 32.3 Å². The second-order valence-electron chi connectivity index (χ2n) is 14.5. The molecule has 0 aliphatic rings. The van der Waals surface area contributed by atoms with Crippen molar-refractivity contribution in [1.82, 2.24) is 9.13 Å². The van der Waals surface area contributed by atoms with Crippen molar-refractivity contribution in [3.8, 4) is 22.5 Å². The monoisotopic (exact) mass is 684 g/mol. The number of hydrogen-bond donors (Lipinski definition) is 0. The molecular formula is C52H32N2. The SMILES string of the molecule is c1ccc2c(-n3c4ccccc4c4cc(-c5ccc6c(c5)c5ccccc5n6-c5cccc6c7ccccc7c7ccccc7c56)ccc43)cccc2c1. The van der Waals surface area contributed by atoms with Gasteiger partial charge in [-0.2, -0.15) is 0 Å². The van der Waals surface area contributed by atoms with E-state index in [4.69, 9.17) is 0 Å². The van der Waals surface area contributed by atoms with Crippen molar-refractivity contribution in [2.24, 2.45) is 0 Å². The van der Waals surface area contributed by atoms with Gasteiger partial charge in [-0.25, -0.2) is 0 Å². The molecule has 0 unspecified atom stereocenters. The number of para-hydroxylation sites is 2. The summed E-state index contributed by atoms with van der Waals surface area (Å²) in [5.74, 6) is 0. The zero-order valence-corrected chi connectivity index (χ0v) is 29.4. The van der Waals surface area contributed by atoms with Gasteiger partial charge < -0.3 is 9.13 Å². The lowest BCUT2D eigenvalue weighted by Gasteiger charge is -2.16. The molecule has 12 rings (SSSR count). The summed E-state index contributed by atoms with van der Waals surface area (Å²) in [5.41, 5.74) is 9.68. The van der Waals surface area contributed by atoms with Crippen LogP contribution < -0.4 is 0 Å². The summed E-state index contributed by atoms with van der Waals surface area (Å²) in [6.07, 6.45) is 0. The van der Waals surface area contributed by atoms with Gasteiger partial charge in [0.2, 0.25) is 0 Å². The van der Waals surface area contributed by atoms with Crippen molar-refractivity contribution < 1.29 is 0 Å². The van der Waals surface area contributed by atoms with Crippen molar-refractivity contribution in [2.45, 2.75) is 0 Å². The molecule has 0 saturated heterocycles. The van der Waals surface area contributed by atoms with Gasteiger partial charge >= 0.3 is 0 Å². The molecule has 0 radical (unpaired) electrons. The van der Waals surface area contributed by atoms with E-state index in [-0.39, 0.29) is 0 Å². The highest BCUT2D eigenvalue weighted by molar-refractivity contribution is 6.28. The van der Waals surface area contributed by atoms with E-state index in [1.165, 1.54) is 109 Å². The Bertz CT molecular complexity index is 3460. The smallest absolute Gasteiger partial charge is 0.0547 e. The van der Waals surface area contributed by atoms with Crippen molar-refractivity contribution in [3.05, 3.63) is 194 Å². The summed E-state index contributed by atoms with van der Waals surface area (Å²) in [6.45, 7) is 0. The third-order valence-electron chi connectivity index (χ3n) is 11.7. The topological polar surface area (TPSA) is 9.86 Å². The zero-order chi connectivity index (χ0) is 35.3. The number of fused-ring (bicyclic) bond motifs is 13. The maximum Gasteiger partial charge on any atom is 0.0547 e. The number of hydrogen-bond acceptors (Lipinski definition) is 0. The van der Waals surface area contributed by atoms with Crippen LogP contribution in [0.4, 0.5) is 0 Å². The zero-order valence-electron chi connectivity index (χ0n) is 29.4. The van der Waals surface area contributed by atoms with Gasteiger partial charge in [-0.05, 0) is 92.0 Å². The molecule has 12 aromatic rings. The fourth-order valence-corrected chi connectivity index (χ4v) is 9.35. The summed E-state index contributed by atoms with van der Waals surface area (Å²) in [4.78, 5) is 0. The number of rotatable bonds is 3. The molecule has 2 aromatic heterocycles. The van der Waals surface area contributed by atoms with Gasteiger partial charge in [0.1, 0.15) is 0 Å². The van der Waals surface area contributed by atoms with Gasteiger partial charge in [0.25, 0.3) is 0 Å². The quantitative estimate of drug-likeness (QED) is 0.164. The van der Waals surface area contributed by atoms with E-state index in [1.54, 1.807) is 0 Å². The molecule has 0 N–H and O–H groups in total. The molecule has 0 atom stereocenters. The van der Waals surface area contributed by atoms with E-state index in [2.05, 4.69) is 203 Å². The van der Waals surface area contributed by atoms with E-state index < -0.39 is 0 Å². The fourth-order valence-electron chi connectivity index (χ4n) is 9.35. The molecule has 0 bridgehead atoms. The first kappa shape index (κ1) is 29.4. The molecule has 0 aliphatic carbocycles. The Kier molecular flexibility index (Phi) is 6.09. The maximum atomic E-state index is 2.49. The van der Waals surface area contributed by atoms with E-state index in [0.29, 0.717) is 0 Å². The first-order chi connectivity index (χ1) is 26.8. The number of benzene rings is 10. The molecule has 0 amide bonds. The van der Waals surface area contributed by atoms with Crippen molar-refractivity contribution >= 4 is 86.7 Å². The van der Waals surface area contributed by atoms with E-state index in [0.717, 1.165) is 0 Å². The van der Waals surface area contributed by atoms with Crippen LogP contribution in [0, 0.1) is 0 Å². The third kappa shape index (κ3) is 4.05.